The molecule has 0 aliphatic heterocycles. The van der Waals surface area contributed by atoms with Crippen molar-refractivity contribution in [2.24, 2.45) is 0 Å². The molecule has 1 heterocycles. The van der Waals surface area contributed by atoms with Crippen molar-refractivity contribution in [2.75, 3.05) is 3.71 Å². The largest absolute Gasteiger partial charge is 0.422 e. The van der Waals surface area contributed by atoms with Crippen LogP contribution in [-0.2, 0) is 20.0 Å². The smallest absolute Gasteiger partial charge is 0.352 e. The van der Waals surface area contributed by atoms with Crippen molar-refractivity contribution in [3.63, 3.8) is 0 Å². The molecule has 0 aliphatic rings. The van der Waals surface area contributed by atoms with Crippen LogP contribution in [0.25, 0.3) is 11.0 Å². The molecule has 0 saturated carbocycles. The van der Waals surface area contributed by atoms with Crippen molar-refractivity contribution in [3.8, 4) is 12.3 Å². The van der Waals surface area contributed by atoms with Crippen LogP contribution in [0.1, 0.15) is 16.7 Å². The van der Waals surface area contributed by atoms with Crippen LogP contribution in [0.4, 0.5) is 5.69 Å². The lowest BCUT2D eigenvalue weighted by molar-refractivity contribution is 0.558. The molecule has 1 aromatic heterocycles. The molecular formula is C25H19NO6S2. The van der Waals surface area contributed by atoms with E-state index in [4.69, 9.17) is 10.8 Å². The molecular weight excluding hydrogens is 474 g/mol. The summed E-state index contributed by atoms with van der Waals surface area (Å²) in [6.45, 7) is 3.58. The van der Waals surface area contributed by atoms with Gasteiger partial charge in [0.25, 0.3) is 20.0 Å². The molecule has 0 bridgehead atoms. The second-order valence-electron chi connectivity index (χ2n) is 7.65. The van der Waals surface area contributed by atoms with E-state index in [-0.39, 0.29) is 32.0 Å². The lowest BCUT2D eigenvalue weighted by atomic mass is 10.2. The van der Waals surface area contributed by atoms with E-state index in [0.717, 1.165) is 11.1 Å². The quantitative estimate of drug-likeness (QED) is 0.308. The number of anilines is 1. The van der Waals surface area contributed by atoms with Crippen LogP contribution in [0.2, 0.25) is 0 Å². The Labute approximate surface area is 197 Å². The predicted molar refractivity (Wildman–Crippen MR) is 130 cm³/mol. The highest BCUT2D eigenvalue weighted by molar-refractivity contribution is 8.10. The standard InChI is InChI=1S/C25H19NO6S2/c1-4-19-15-20-16-21(9-14-24(20)32-25(19)27)26(33(28,29)22-10-5-17(2)6-11-22)34(30,31)23-12-7-18(3)8-13-23/h1,5-16H,2-3H3. The van der Waals surface area contributed by atoms with Crippen LogP contribution in [0, 0.1) is 26.2 Å². The summed E-state index contributed by atoms with van der Waals surface area (Å²) >= 11 is 0. The Morgan fingerprint density at radius 2 is 1.26 bits per heavy atom. The molecule has 3 aromatic carbocycles. The summed E-state index contributed by atoms with van der Waals surface area (Å²) in [7, 11) is -9.13. The molecule has 34 heavy (non-hydrogen) atoms. The minimum absolute atomic E-state index is 0.0704. The van der Waals surface area contributed by atoms with Crippen LogP contribution >= 0.6 is 0 Å². The molecule has 7 nitrogen and oxygen atoms in total. The third-order valence-corrected chi connectivity index (χ3v) is 9.36. The number of aryl methyl sites for hydroxylation is 2. The van der Waals surface area contributed by atoms with Gasteiger partial charge in [-0.2, -0.15) is 3.71 Å². The van der Waals surface area contributed by atoms with Crippen molar-refractivity contribution in [1.82, 2.24) is 0 Å². The lowest BCUT2D eigenvalue weighted by Crippen LogP contribution is -2.37. The third kappa shape index (κ3) is 4.09. The van der Waals surface area contributed by atoms with Gasteiger partial charge < -0.3 is 4.42 Å². The second kappa shape index (κ2) is 8.48. The summed E-state index contributed by atoms with van der Waals surface area (Å²) < 4.78 is 60.3. The van der Waals surface area contributed by atoms with Gasteiger partial charge in [-0.25, -0.2) is 21.6 Å². The molecule has 0 spiro atoms. The van der Waals surface area contributed by atoms with Crippen molar-refractivity contribution >= 4 is 36.7 Å². The van der Waals surface area contributed by atoms with Crippen molar-refractivity contribution < 1.29 is 21.3 Å². The predicted octanol–water partition coefficient (Wildman–Crippen LogP) is 3.98. The Morgan fingerprint density at radius 1 is 0.765 bits per heavy atom. The highest BCUT2D eigenvalue weighted by Gasteiger charge is 2.37. The highest BCUT2D eigenvalue weighted by Crippen LogP contribution is 2.33. The topological polar surface area (TPSA) is 102 Å². The lowest BCUT2D eigenvalue weighted by Gasteiger charge is -2.24. The maximum Gasteiger partial charge on any atom is 0.352 e. The summed E-state index contributed by atoms with van der Waals surface area (Å²) in [5, 5.41) is 0.272. The van der Waals surface area contributed by atoms with Gasteiger partial charge >= 0.3 is 5.63 Å². The van der Waals surface area contributed by atoms with Gasteiger partial charge in [-0.3, -0.25) is 0 Å². The second-order valence-corrected chi connectivity index (χ2v) is 11.5. The summed E-state index contributed by atoms with van der Waals surface area (Å²) in [6, 6.07) is 16.9. The van der Waals surface area contributed by atoms with Gasteiger partial charge in [0.1, 0.15) is 11.1 Å². The number of hydrogen-bond donors (Lipinski definition) is 0. The molecule has 0 atom stereocenters. The van der Waals surface area contributed by atoms with Gasteiger partial charge in [-0.05, 0) is 62.4 Å². The van der Waals surface area contributed by atoms with Crippen LogP contribution < -0.4 is 9.34 Å². The number of nitrogens with zero attached hydrogens (tertiary/aromatic N) is 1. The zero-order valence-electron chi connectivity index (χ0n) is 18.2. The van der Waals surface area contributed by atoms with E-state index in [1.54, 1.807) is 38.1 Å². The maximum absolute atomic E-state index is 13.7. The van der Waals surface area contributed by atoms with Crippen molar-refractivity contribution in [3.05, 3.63) is 99.9 Å². The fourth-order valence-electron chi connectivity index (χ4n) is 3.34. The highest BCUT2D eigenvalue weighted by atomic mass is 32.3. The normalized spacial score (nSPS) is 11.8. The number of benzene rings is 3. The molecule has 0 radical (unpaired) electrons. The molecule has 4 rings (SSSR count). The van der Waals surface area contributed by atoms with E-state index in [1.165, 1.54) is 48.5 Å². The molecule has 0 fully saturated rings. The van der Waals surface area contributed by atoms with Gasteiger partial charge in [-0.1, -0.05) is 41.3 Å². The number of rotatable bonds is 5. The van der Waals surface area contributed by atoms with E-state index in [9.17, 15) is 21.6 Å². The first-order chi connectivity index (χ1) is 16.0. The summed E-state index contributed by atoms with van der Waals surface area (Å²) in [4.78, 5) is 11.5. The van der Waals surface area contributed by atoms with Gasteiger partial charge in [-0.15, -0.1) is 6.42 Å². The van der Waals surface area contributed by atoms with Crippen LogP contribution in [-0.4, -0.2) is 16.8 Å². The van der Waals surface area contributed by atoms with E-state index < -0.39 is 25.7 Å². The van der Waals surface area contributed by atoms with E-state index >= 15 is 0 Å². The Bertz CT molecular complexity index is 1640. The SMILES string of the molecule is C#Cc1cc2cc(N(S(=O)(=O)c3ccc(C)cc3)S(=O)(=O)c3ccc(C)cc3)ccc2oc1=O. The first kappa shape index (κ1) is 23.3. The Hall–Kier alpha value is -3.87. The number of sulfonamides is 2. The van der Waals surface area contributed by atoms with Gasteiger partial charge in [0, 0.05) is 5.39 Å². The van der Waals surface area contributed by atoms with Crippen molar-refractivity contribution in [2.45, 2.75) is 23.6 Å². The van der Waals surface area contributed by atoms with Crippen LogP contribution in [0.3, 0.4) is 0 Å². The average Bonchev–Trinajstić information content (AvgIpc) is 2.79. The van der Waals surface area contributed by atoms with Crippen LogP contribution in [0.5, 0.6) is 0 Å². The van der Waals surface area contributed by atoms with Gasteiger partial charge in [0.2, 0.25) is 0 Å². The first-order valence-corrected chi connectivity index (χ1v) is 12.9. The minimum atomic E-state index is -4.57. The summed E-state index contributed by atoms with van der Waals surface area (Å²) in [5.74, 6) is 2.20. The molecule has 0 unspecified atom stereocenters. The zero-order chi connectivity index (χ0) is 24.7. The average molecular weight is 494 g/mol. The molecule has 0 amide bonds. The minimum Gasteiger partial charge on any atom is -0.422 e. The zero-order valence-corrected chi connectivity index (χ0v) is 19.9. The maximum atomic E-state index is 13.7. The van der Waals surface area contributed by atoms with Crippen LogP contribution in [0.15, 0.2) is 91.8 Å². The molecule has 4 aromatic rings. The number of fused-ring (bicyclic) bond motifs is 1. The van der Waals surface area contributed by atoms with E-state index in [2.05, 4.69) is 5.92 Å². The molecule has 172 valence electrons. The molecule has 0 saturated heterocycles. The molecule has 0 N–H and O–H groups in total. The Balaban J connectivity index is 2.01. The third-order valence-electron chi connectivity index (χ3n) is 5.16. The first-order valence-electron chi connectivity index (χ1n) is 10.0. The monoisotopic (exact) mass is 493 g/mol. The summed E-state index contributed by atoms with van der Waals surface area (Å²) in [5.41, 5.74) is 0.806. The number of hydrogen-bond acceptors (Lipinski definition) is 6. The van der Waals surface area contributed by atoms with Gasteiger partial charge in [0.15, 0.2) is 0 Å². The summed E-state index contributed by atoms with van der Waals surface area (Å²) in [6.07, 6.45) is 5.34. The fourth-order valence-corrected chi connectivity index (χ4v) is 7.02. The van der Waals surface area contributed by atoms with Gasteiger partial charge in [0.05, 0.1) is 15.5 Å². The van der Waals surface area contributed by atoms with E-state index in [1.807, 2.05) is 0 Å². The van der Waals surface area contributed by atoms with Crippen molar-refractivity contribution in [1.29, 1.82) is 0 Å². The molecule has 0 aliphatic carbocycles. The van der Waals surface area contributed by atoms with E-state index in [0.29, 0.717) is 3.71 Å². The number of terminal acetylenes is 1. The molecule has 9 heteroatoms. The Morgan fingerprint density at radius 3 is 1.74 bits per heavy atom. The Kier molecular flexibility index (Phi) is 5.81. The fraction of sp³-hybridized carbons (Fsp3) is 0.0800.